The Morgan fingerprint density at radius 1 is 1.31 bits per heavy atom. The predicted molar refractivity (Wildman–Crippen MR) is 57.5 cm³/mol. The van der Waals surface area contributed by atoms with E-state index in [2.05, 4.69) is 32.1 Å². The number of benzene rings is 1. The summed E-state index contributed by atoms with van der Waals surface area (Å²) in [6, 6.07) is 6.18. The average molecular weight is 173 g/mol. The second-order valence-electron chi connectivity index (χ2n) is 4.34. The Labute approximate surface area is 79.3 Å². The van der Waals surface area contributed by atoms with E-state index >= 15 is 0 Å². The van der Waals surface area contributed by atoms with Crippen molar-refractivity contribution < 1.29 is 0 Å². The van der Waals surface area contributed by atoms with Crippen LogP contribution < -0.4 is 5.73 Å². The van der Waals surface area contributed by atoms with Crippen molar-refractivity contribution in [3.8, 4) is 0 Å². The van der Waals surface area contributed by atoms with E-state index < -0.39 is 0 Å². The van der Waals surface area contributed by atoms with Crippen LogP contribution in [0.25, 0.3) is 6.08 Å². The summed E-state index contributed by atoms with van der Waals surface area (Å²) in [6.45, 7) is 4.54. The lowest BCUT2D eigenvalue weighted by molar-refractivity contribution is 0.529. The van der Waals surface area contributed by atoms with Crippen molar-refractivity contribution in [2.24, 2.45) is 0 Å². The molecular weight excluding hydrogens is 158 g/mol. The second-order valence-corrected chi connectivity index (χ2v) is 4.34. The lowest BCUT2D eigenvalue weighted by Crippen LogP contribution is -2.19. The number of hydrogen-bond acceptors (Lipinski definition) is 1. The summed E-state index contributed by atoms with van der Waals surface area (Å²) in [7, 11) is 0. The van der Waals surface area contributed by atoms with Gasteiger partial charge in [-0.2, -0.15) is 0 Å². The number of nitrogen functional groups attached to an aromatic ring is 1. The fraction of sp³-hybridized carbons (Fsp3) is 0.333. The third-order valence-electron chi connectivity index (χ3n) is 2.73. The third kappa shape index (κ3) is 1.35. The van der Waals surface area contributed by atoms with Crippen LogP contribution in [0.3, 0.4) is 0 Å². The lowest BCUT2D eigenvalue weighted by atomic mass is 9.76. The summed E-state index contributed by atoms with van der Waals surface area (Å²) in [6.07, 6.45) is 5.50. The molecule has 2 N–H and O–H groups in total. The predicted octanol–water partition coefficient (Wildman–Crippen LogP) is 2.96. The van der Waals surface area contributed by atoms with Crippen molar-refractivity contribution in [3.05, 3.63) is 35.4 Å². The van der Waals surface area contributed by atoms with E-state index in [-0.39, 0.29) is 5.41 Å². The van der Waals surface area contributed by atoms with Gasteiger partial charge in [0.15, 0.2) is 0 Å². The van der Waals surface area contributed by atoms with Crippen LogP contribution >= 0.6 is 0 Å². The molecule has 0 spiro atoms. The fourth-order valence-electron chi connectivity index (χ4n) is 1.93. The molecule has 1 aliphatic carbocycles. The molecular formula is C12H15N. The standard InChI is InChI=1S/C12H15N/c1-12(2)7-3-4-9-8-10(13)5-6-11(9)12/h3-6,8H,7,13H2,1-2H3. The van der Waals surface area contributed by atoms with Gasteiger partial charge in [0.25, 0.3) is 0 Å². The van der Waals surface area contributed by atoms with Gasteiger partial charge in [-0.25, -0.2) is 0 Å². The minimum atomic E-state index is 0.262. The molecule has 0 amide bonds. The molecule has 13 heavy (non-hydrogen) atoms. The van der Waals surface area contributed by atoms with Crippen LogP contribution in [0, 0.1) is 0 Å². The molecule has 0 bridgehead atoms. The quantitative estimate of drug-likeness (QED) is 0.600. The first kappa shape index (κ1) is 8.36. The molecule has 1 aromatic carbocycles. The molecule has 0 fully saturated rings. The van der Waals surface area contributed by atoms with Crippen LogP contribution in [-0.4, -0.2) is 0 Å². The fourth-order valence-corrected chi connectivity index (χ4v) is 1.93. The highest BCUT2D eigenvalue weighted by Gasteiger charge is 2.23. The van der Waals surface area contributed by atoms with Crippen molar-refractivity contribution in [1.82, 2.24) is 0 Å². The van der Waals surface area contributed by atoms with E-state index in [1.807, 2.05) is 12.1 Å². The Balaban J connectivity index is 2.61. The van der Waals surface area contributed by atoms with Crippen LogP contribution in [0.15, 0.2) is 24.3 Å². The Hall–Kier alpha value is -1.24. The van der Waals surface area contributed by atoms with Gasteiger partial charge in [-0.05, 0) is 35.1 Å². The number of rotatable bonds is 0. The molecule has 0 aliphatic heterocycles. The maximum Gasteiger partial charge on any atom is 0.0320 e. The molecule has 1 heteroatoms. The first-order chi connectivity index (χ1) is 6.09. The normalized spacial score (nSPS) is 18.3. The lowest BCUT2D eigenvalue weighted by Gasteiger charge is -2.29. The van der Waals surface area contributed by atoms with Crippen LogP contribution in [0.4, 0.5) is 5.69 Å². The summed E-state index contributed by atoms with van der Waals surface area (Å²) in [5.41, 5.74) is 9.53. The van der Waals surface area contributed by atoms with Crippen LogP contribution in [-0.2, 0) is 5.41 Å². The number of anilines is 1. The van der Waals surface area contributed by atoms with Gasteiger partial charge in [0, 0.05) is 5.69 Å². The highest BCUT2D eigenvalue weighted by Crippen LogP contribution is 2.35. The summed E-state index contributed by atoms with van der Waals surface area (Å²) in [5, 5.41) is 0. The van der Waals surface area contributed by atoms with E-state index in [1.165, 1.54) is 11.1 Å². The highest BCUT2D eigenvalue weighted by molar-refractivity contribution is 5.63. The smallest absolute Gasteiger partial charge is 0.0320 e. The summed E-state index contributed by atoms with van der Waals surface area (Å²) >= 11 is 0. The van der Waals surface area contributed by atoms with Crippen LogP contribution in [0.1, 0.15) is 31.4 Å². The second kappa shape index (κ2) is 2.63. The van der Waals surface area contributed by atoms with Gasteiger partial charge in [-0.3, -0.25) is 0 Å². The topological polar surface area (TPSA) is 26.0 Å². The Morgan fingerprint density at radius 3 is 2.85 bits per heavy atom. The molecule has 0 atom stereocenters. The summed E-state index contributed by atoms with van der Waals surface area (Å²) in [4.78, 5) is 0. The molecule has 0 heterocycles. The van der Waals surface area contributed by atoms with Crippen LogP contribution in [0.5, 0.6) is 0 Å². The minimum absolute atomic E-state index is 0.262. The molecule has 0 aromatic heterocycles. The third-order valence-corrected chi connectivity index (χ3v) is 2.73. The van der Waals surface area contributed by atoms with Gasteiger partial charge in [0.05, 0.1) is 0 Å². The number of fused-ring (bicyclic) bond motifs is 1. The first-order valence-electron chi connectivity index (χ1n) is 4.66. The van der Waals surface area contributed by atoms with E-state index in [0.717, 1.165) is 12.1 Å². The van der Waals surface area contributed by atoms with Gasteiger partial charge in [-0.1, -0.05) is 32.1 Å². The monoisotopic (exact) mass is 173 g/mol. The van der Waals surface area contributed by atoms with Crippen molar-refractivity contribution in [2.45, 2.75) is 25.7 Å². The Morgan fingerprint density at radius 2 is 2.08 bits per heavy atom. The van der Waals surface area contributed by atoms with Gasteiger partial charge >= 0.3 is 0 Å². The van der Waals surface area contributed by atoms with Crippen molar-refractivity contribution >= 4 is 11.8 Å². The number of nitrogens with two attached hydrogens (primary N) is 1. The van der Waals surface area contributed by atoms with E-state index in [9.17, 15) is 0 Å². The SMILES string of the molecule is CC1(C)CC=Cc2cc(N)ccc21. The van der Waals surface area contributed by atoms with Gasteiger partial charge < -0.3 is 5.73 Å². The maximum atomic E-state index is 5.74. The molecule has 0 radical (unpaired) electrons. The van der Waals surface area contributed by atoms with Crippen molar-refractivity contribution in [1.29, 1.82) is 0 Å². The van der Waals surface area contributed by atoms with E-state index in [1.54, 1.807) is 0 Å². The van der Waals surface area contributed by atoms with Crippen LogP contribution in [0.2, 0.25) is 0 Å². The molecule has 1 nitrogen and oxygen atoms in total. The van der Waals surface area contributed by atoms with E-state index in [0.29, 0.717) is 0 Å². The summed E-state index contributed by atoms with van der Waals surface area (Å²) in [5.74, 6) is 0. The zero-order valence-electron chi connectivity index (χ0n) is 8.17. The summed E-state index contributed by atoms with van der Waals surface area (Å²) < 4.78 is 0. The van der Waals surface area contributed by atoms with Gasteiger partial charge in [0.1, 0.15) is 0 Å². The van der Waals surface area contributed by atoms with Crippen molar-refractivity contribution in [2.75, 3.05) is 5.73 Å². The van der Waals surface area contributed by atoms with E-state index in [4.69, 9.17) is 5.73 Å². The Kier molecular flexibility index (Phi) is 1.69. The van der Waals surface area contributed by atoms with Crippen molar-refractivity contribution in [3.63, 3.8) is 0 Å². The highest BCUT2D eigenvalue weighted by atomic mass is 14.5. The van der Waals surface area contributed by atoms with Gasteiger partial charge in [-0.15, -0.1) is 0 Å². The molecule has 2 rings (SSSR count). The molecule has 0 saturated carbocycles. The first-order valence-corrected chi connectivity index (χ1v) is 4.66. The maximum absolute atomic E-state index is 5.74. The molecule has 0 unspecified atom stereocenters. The zero-order valence-corrected chi connectivity index (χ0v) is 8.17. The minimum Gasteiger partial charge on any atom is -0.399 e. The largest absolute Gasteiger partial charge is 0.399 e. The molecule has 68 valence electrons. The average Bonchev–Trinajstić information content (AvgIpc) is 2.02. The number of allylic oxidation sites excluding steroid dienone is 1. The molecule has 1 aliphatic rings. The van der Waals surface area contributed by atoms with Gasteiger partial charge in [0.2, 0.25) is 0 Å². The Bertz CT molecular complexity index is 361. The zero-order chi connectivity index (χ0) is 9.47. The molecule has 1 aromatic rings. The molecule has 0 saturated heterocycles. The number of hydrogen-bond donors (Lipinski definition) is 1.